The Morgan fingerprint density at radius 1 is 1.03 bits per heavy atom. The average Bonchev–Trinajstić information content (AvgIpc) is 3.16. The molecule has 0 aromatic heterocycles. The van der Waals surface area contributed by atoms with E-state index in [1.165, 1.54) is 11.1 Å². The molecule has 4 rings (SSSR count). The van der Waals surface area contributed by atoms with E-state index in [0.29, 0.717) is 19.3 Å². The summed E-state index contributed by atoms with van der Waals surface area (Å²) in [6.45, 7) is 2.23. The van der Waals surface area contributed by atoms with E-state index in [9.17, 15) is 19.5 Å². The number of alkyl carbamates (subject to hydrolysis) is 1. The number of fused-ring (bicyclic) bond motifs is 3. The predicted octanol–water partition coefficient (Wildman–Crippen LogP) is 4.84. The molecule has 2 aromatic carbocycles. The van der Waals surface area contributed by atoms with E-state index >= 15 is 0 Å². The molecular weight excluding hydrogens is 444 g/mol. The average molecular weight is 479 g/mol. The van der Waals surface area contributed by atoms with Gasteiger partial charge >= 0.3 is 12.1 Å². The van der Waals surface area contributed by atoms with Gasteiger partial charge in [0.1, 0.15) is 6.61 Å². The molecule has 0 bridgehead atoms. The number of aliphatic carboxylic acids is 1. The van der Waals surface area contributed by atoms with E-state index in [-0.39, 0.29) is 36.9 Å². The van der Waals surface area contributed by atoms with E-state index in [4.69, 9.17) is 4.74 Å². The van der Waals surface area contributed by atoms with Gasteiger partial charge in [0, 0.05) is 24.4 Å². The van der Waals surface area contributed by atoms with Gasteiger partial charge in [-0.15, -0.1) is 0 Å². The molecule has 3 N–H and O–H groups in total. The highest BCUT2D eigenvalue weighted by Crippen LogP contribution is 2.44. The van der Waals surface area contributed by atoms with Crippen LogP contribution >= 0.6 is 0 Å². The quantitative estimate of drug-likeness (QED) is 0.478. The molecule has 0 heterocycles. The maximum absolute atomic E-state index is 12.7. The summed E-state index contributed by atoms with van der Waals surface area (Å²) in [6, 6.07) is 15.9. The monoisotopic (exact) mass is 478 g/mol. The fourth-order valence-corrected chi connectivity index (χ4v) is 5.44. The summed E-state index contributed by atoms with van der Waals surface area (Å²) in [7, 11) is 0. The highest BCUT2D eigenvalue weighted by molar-refractivity contribution is 5.80. The van der Waals surface area contributed by atoms with Gasteiger partial charge in [-0.2, -0.15) is 0 Å². The molecule has 2 amide bonds. The number of nitrogens with one attached hydrogen (secondary N) is 2. The lowest BCUT2D eigenvalue weighted by Gasteiger charge is -2.28. The van der Waals surface area contributed by atoms with Crippen LogP contribution < -0.4 is 10.6 Å². The van der Waals surface area contributed by atoms with E-state index in [1.807, 2.05) is 31.2 Å². The Bertz CT molecular complexity index is 1020. The molecule has 0 unspecified atom stereocenters. The zero-order chi connectivity index (χ0) is 24.8. The van der Waals surface area contributed by atoms with Gasteiger partial charge in [-0.05, 0) is 47.9 Å². The fourth-order valence-electron chi connectivity index (χ4n) is 5.44. The van der Waals surface area contributed by atoms with Gasteiger partial charge in [0.05, 0.1) is 5.92 Å². The van der Waals surface area contributed by atoms with E-state index in [2.05, 4.69) is 34.9 Å². The third kappa shape index (κ3) is 6.02. The van der Waals surface area contributed by atoms with Crippen molar-refractivity contribution >= 4 is 18.0 Å². The van der Waals surface area contributed by atoms with Gasteiger partial charge in [0.15, 0.2) is 0 Å². The molecule has 186 valence electrons. The lowest BCUT2D eigenvalue weighted by atomic mass is 9.85. The normalized spacial score (nSPS) is 19.8. The molecule has 3 atom stereocenters. The first-order valence-corrected chi connectivity index (χ1v) is 12.6. The third-order valence-electron chi connectivity index (χ3n) is 7.12. The van der Waals surface area contributed by atoms with Crippen LogP contribution in [0, 0.1) is 5.92 Å². The number of carbonyl (C=O) groups excluding carboxylic acids is 2. The van der Waals surface area contributed by atoms with Crippen LogP contribution in [0.3, 0.4) is 0 Å². The van der Waals surface area contributed by atoms with Crippen molar-refractivity contribution in [2.75, 3.05) is 6.61 Å². The van der Waals surface area contributed by atoms with Crippen LogP contribution in [-0.2, 0) is 14.3 Å². The smallest absolute Gasteiger partial charge is 0.407 e. The number of hydrogen-bond acceptors (Lipinski definition) is 4. The van der Waals surface area contributed by atoms with Gasteiger partial charge < -0.3 is 20.5 Å². The second-order valence-corrected chi connectivity index (χ2v) is 9.63. The second-order valence-electron chi connectivity index (χ2n) is 9.63. The van der Waals surface area contributed by atoms with Crippen molar-refractivity contribution < 1.29 is 24.2 Å². The van der Waals surface area contributed by atoms with E-state index in [0.717, 1.165) is 30.4 Å². The Kier molecular flexibility index (Phi) is 8.06. The first-order chi connectivity index (χ1) is 17.0. The minimum atomic E-state index is -0.801. The SMILES string of the molecule is CCC[C@H](CC(=O)N[C@@H]1CCC[C@@H](C(=O)O)C1)NC(=O)OCC1c2ccccc2-c2ccccc21. The molecule has 2 aliphatic rings. The molecule has 0 aliphatic heterocycles. The van der Waals surface area contributed by atoms with E-state index in [1.54, 1.807) is 0 Å². The van der Waals surface area contributed by atoms with Gasteiger partial charge in [0.25, 0.3) is 0 Å². The first-order valence-electron chi connectivity index (χ1n) is 12.6. The number of carbonyl (C=O) groups is 3. The molecule has 0 radical (unpaired) electrons. The molecule has 2 aromatic rings. The summed E-state index contributed by atoms with van der Waals surface area (Å²) in [5.74, 6) is -1.39. The molecular formula is C28H34N2O5. The minimum Gasteiger partial charge on any atom is -0.481 e. The maximum Gasteiger partial charge on any atom is 0.407 e. The van der Waals surface area contributed by atoms with Gasteiger partial charge in [-0.1, -0.05) is 68.3 Å². The Morgan fingerprint density at radius 2 is 1.69 bits per heavy atom. The lowest BCUT2D eigenvalue weighted by Crippen LogP contribution is -2.44. The van der Waals surface area contributed by atoms with Crippen molar-refractivity contribution in [2.24, 2.45) is 5.92 Å². The van der Waals surface area contributed by atoms with Crippen molar-refractivity contribution in [1.29, 1.82) is 0 Å². The summed E-state index contributed by atoms with van der Waals surface area (Å²) in [6.07, 6.45) is 3.77. The molecule has 1 saturated carbocycles. The zero-order valence-electron chi connectivity index (χ0n) is 20.2. The number of ether oxygens (including phenoxy) is 1. The fraction of sp³-hybridized carbons (Fsp3) is 0.464. The third-order valence-corrected chi connectivity index (χ3v) is 7.12. The summed E-state index contributed by atoms with van der Waals surface area (Å²) in [5, 5.41) is 15.1. The van der Waals surface area contributed by atoms with Crippen LogP contribution in [0.2, 0.25) is 0 Å². The lowest BCUT2D eigenvalue weighted by molar-refractivity contribution is -0.143. The van der Waals surface area contributed by atoms with Crippen LogP contribution in [0.25, 0.3) is 11.1 Å². The summed E-state index contributed by atoms with van der Waals surface area (Å²) < 4.78 is 5.64. The topological polar surface area (TPSA) is 105 Å². The molecule has 7 nitrogen and oxygen atoms in total. The molecule has 35 heavy (non-hydrogen) atoms. The standard InChI is InChI=1S/C28H34N2O5/c1-2-8-19(16-26(31)29-20-10-7-9-18(15-20)27(32)33)30-28(34)35-17-25-23-13-5-3-11-21(23)22-12-4-6-14-24(22)25/h3-6,11-14,18-20,25H,2,7-10,15-17H2,1H3,(H,29,31)(H,30,34)(H,32,33)/t18-,19-,20-/m1/s1. The number of carboxylic acids is 1. The van der Waals surface area contributed by atoms with Gasteiger partial charge in [0.2, 0.25) is 5.91 Å². The predicted molar refractivity (Wildman–Crippen MR) is 133 cm³/mol. The van der Waals surface area contributed by atoms with Crippen LogP contribution in [0.5, 0.6) is 0 Å². The van der Waals surface area contributed by atoms with Crippen LogP contribution in [-0.4, -0.2) is 41.8 Å². The van der Waals surface area contributed by atoms with Gasteiger partial charge in [-0.25, -0.2) is 4.79 Å². The van der Waals surface area contributed by atoms with Crippen molar-refractivity contribution in [1.82, 2.24) is 10.6 Å². The van der Waals surface area contributed by atoms with Crippen molar-refractivity contribution in [2.45, 2.75) is 69.9 Å². The minimum absolute atomic E-state index is 0.0189. The van der Waals surface area contributed by atoms with E-state index < -0.39 is 18.0 Å². The van der Waals surface area contributed by atoms with Crippen molar-refractivity contribution in [3.8, 4) is 11.1 Å². The second kappa shape index (κ2) is 11.4. The molecule has 7 heteroatoms. The Balaban J connectivity index is 1.31. The Morgan fingerprint density at radius 3 is 2.31 bits per heavy atom. The number of benzene rings is 2. The summed E-state index contributed by atoms with van der Waals surface area (Å²) in [5.41, 5.74) is 4.65. The number of carboxylic acid groups (broad SMARTS) is 1. The van der Waals surface area contributed by atoms with Crippen LogP contribution in [0.1, 0.15) is 68.9 Å². The summed E-state index contributed by atoms with van der Waals surface area (Å²) in [4.78, 5) is 36.6. The summed E-state index contributed by atoms with van der Waals surface area (Å²) >= 11 is 0. The van der Waals surface area contributed by atoms with Crippen molar-refractivity contribution in [3.05, 3.63) is 59.7 Å². The largest absolute Gasteiger partial charge is 0.481 e. The van der Waals surface area contributed by atoms with Crippen molar-refractivity contribution in [3.63, 3.8) is 0 Å². The number of hydrogen-bond donors (Lipinski definition) is 3. The number of rotatable bonds is 9. The molecule has 1 fully saturated rings. The zero-order valence-corrected chi connectivity index (χ0v) is 20.2. The Labute approximate surface area is 206 Å². The van der Waals surface area contributed by atoms with Crippen LogP contribution in [0.4, 0.5) is 4.79 Å². The van der Waals surface area contributed by atoms with Crippen LogP contribution in [0.15, 0.2) is 48.5 Å². The first kappa shape index (κ1) is 24.8. The molecule has 0 spiro atoms. The number of amides is 2. The molecule has 2 aliphatic carbocycles. The van der Waals surface area contributed by atoms with Gasteiger partial charge in [-0.3, -0.25) is 9.59 Å². The maximum atomic E-state index is 12.7. The highest BCUT2D eigenvalue weighted by atomic mass is 16.5. The molecule has 0 saturated heterocycles. The highest BCUT2D eigenvalue weighted by Gasteiger charge is 2.30. The Hall–Kier alpha value is -3.35.